The Balaban J connectivity index is 2.12. The Labute approximate surface area is 113 Å². The minimum atomic E-state index is 0.253. The zero-order valence-electron chi connectivity index (χ0n) is 9.61. The molecule has 0 saturated carbocycles. The molecule has 0 aromatic carbocycles. The normalized spacial score (nSPS) is 19.4. The Kier molecular flexibility index (Phi) is 2.84. The molecular weight excluding hydrogens is 298 g/mol. The number of aromatic nitrogens is 2. The minimum absolute atomic E-state index is 0.253. The number of fused-ring (bicyclic) bond motifs is 1. The Morgan fingerprint density at radius 1 is 1.53 bits per heavy atom. The largest absolute Gasteiger partial charge is 0.326 e. The molecule has 17 heavy (non-hydrogen) atoms. The van der Waals surface area contributed by atoms with Crippen molar-refractivity contribution in [3.05, 3.63) is 27.3 Å². The van der Waals surface area contributed by atoms with E-state index in [9.17, 15) is 0 Å². The molecule has 1 aliphatic rings. The molecule has 1 unspecified atom stereocenters. The van der Waals surface area contributed by atoms with Gasteiger partial charge in [0.1, 0.15) is 4.60 Å². The first-order valence-corrected chi connectivity index (χ1v) is 7.33. The summed E-state index contributed by atoms with van der Waals surface area (Å²) in [4.78, 5) is 7.18. The molecule has 0 saturated heterocycles. The van der Waals surface area contributed by atoms with E-state index < -0.39 is 0 Å². The molecule has 1 aliphatic heterocycles. The second kappa shape index (κ2) is 4.23. The maximum absolute atomic E-state index is 6.05. The molecule has 0 bridgehead atoms. The first-order chi connectivity index (χ1) is 8.15. The molecule has 2 N–H and O–H groups in total. The molecule has 3 nitrogen and oxygen atoms in total. The van der Waals surface area contributed by atoms with Gasteiger partial charge in [0.25, 0.3) is 0 Å². The topological polar surface area (TPSA) is 43.8 Å². The summed E-state index contributed by atoms with van der Waals surface area (Å²) in [5.74, 6) is 1.06. The van der Waals surface area contributed by atoms with Gasteiger partial charge in [-0.25, -0.2) is 4.98 Å². The van der Waals surface area contributed by atoms with Crippen molar-refractivity contribution in [1.29, 1.82) is 0 Å². The van der Waals surface area contributed by atoms with Crippen LogP contribution in [0.15, 0.2) is 16.7 Å². The lowest BCUT2D eigenvalue weighted by atomic mass is 10.1. The molecular formula is C12H14BrN3S. The van der Waals surface area contributed by atoms with E-state index in [1.807, 2.05) is 0 Å². The predicted octanol–water partition coefficient (Wildman–Crippen LogP) is 2.96. The lowest BCUT2D eigenvalue weighted by molar-refractivity contribution is 0.463. The number of nitrogens with zero attached hydrogens (tertiary/aromatic N) is 2. The van der Waals surface area contributed by atoms with Gasteiger partial charge in [-0.1, -0.05) is 0 Å². The van der Waals surface area contributed by atoms with Crippen LogP contribution < -0.4 is 5.73 Å². The van der Waals surface area contributed by atoms with Gasteiger partial charge in [0, 0.05) is 17.5 Å². The van der Waals surface area contributed by atoms with Gasteiger partial charge < -0.3 is 10.3 Å². The number of nitrogens with two attached hydrogens (primary N) is 1. The summed E-state index contributed by atoms with van der Waals surface area (Å²) in [6, 6.07) is 4.53. The van der Waals surface area contributed by atoms with Crippen LogP contribution in [0.4, 0.5) is 0 Å². The van der Waals surface area contributed by atoms with E-state index in [0.29, 0.717) is 0 Å². The molecule has 5 heteroatoms. The van der Waals surface area contributed by atoms with Gasteiger partial charge in [-0.2, -0.15) is 0 Å². The van der Waals surface area contributed by atoms with E-state index in [0.717, 1.165) is 29.8 Å². The van der Waals surface area contributed by atoms with Crippen molar-refractivity contribution >= 4 is 27.3 Å². The van der Waals surface area contributed by atoms with E-state index in [2.05, 4.69) is 44.5 Å². The number of imidazole rings is 1. The van der Waals surface area contributed by atoms with Crippen molar-refractivity contribution < 1.29 is 0 Å². The van der Waals surface area contributed by atoms with Gasteiger partial charge in [0.05, 0.1) is 10.6 Å². The lowest BCUT2D eigenvalue weighted by Crippen LogP contribution is -2.32. The summed E-state index contributed by atoms with van der Waals surface area (Å²) in [6.45, 7) is 3.00. The molecule has 2 aromatic rings. The average molecular weight is 312 g/mol. The van der Waals surface area contributed by atoms with Crippen molar-refractivity contribution in [3.8, 4) is 10.7 Å². The quantitative estimate of drug-likeness (QED) is 0.880. The van der Waals surface area contributed by atoms with Crippen LogP contribution in [0, 0.1) is 6.92 Å². The Morgan fingerprint density at radius 3 is 3.06 bits per heavy atom. The molecule has 0 amide bonds. The van der Waals surface area contributed by atoms with E-state index >= 15 is 0 Å². The lowest BCUT2D eigenvalue weighted by Gasteiger charge is -2.22. The summed E-state index contributed by atoms with van der Waals surface area (Å²) in [5.41, 5.74) is 7.34. The highest BCUT2D eigenvalue weighted by Gasteiger charge is 2.23. The first kappa shape index (κ1) is 11.4. The Hall–Kier alpha value is -0.650. The number of thiophene rings is 1. The minimum Gasteiger partial charge on any atom is -0.326 e. The van der Waals surface area contributed by atoms with Gasteiger partial charge >= 0.3 is 0 Å². The molecule has 3 heterocycles. The maximum atomic E-state index is 6.05. The van der Waals surface area contributed by atoms with Crippen molar-refractivity contribution in [2.75, 3.05) is 0 Å². The monoisotopic (exact) mass is 311 g/mol. The number of hydrogen-bond acceptors (Lipinski definition) is 3. The Morgan fingerprint density at radius 2 is 2.35 bits per heavy atom. The fourth-order valence-electron chi connectivity index (χ4n) is 2.28. The highest BCUT2D eigenvalue weighted by atomic mass is 79.9. The number of aryl methyl sites for hydroxylation is 1. The number of halogens is 1. The third-order valence-corrected chi connectivity index (χ3v) is 4.79. The van der Waals surface area contributed by atoms with Crippen LogP contribution in [0.1, 0.15) is 17.0 Å². The van der Waals surface area contributed by atoms with E-state index in [-0.39, 0.29) is 6.04 Å². The zero-order valence-corrected chi connectivity index (χ0v) is 12.0. The summed E-state index contributed by atoms with van der Waals surface area (Å²) in [6.07, 6.45) is 2.06. The maximum Gasteiger partial charge on any atom is 0.151 e. The van der Waals surface area contributed by atoms with Gasteiger partial charge in [-0.15, -0.1) is 11.3 Å². The van der Waals surface area contributed by atoms with Crippen LogP contribution in [0.25, 0.3) is 10.7 Å². The van der Waals surface area contributed by atoms with Crippen LogP contribution in [-0.4, -0.2) is 15.6 Å². The van der Waals surface area contributed by atoms with Gasteiger partial charge in [-0.3, -0.25) is 0 Å². The number of hydrogen-bond donors (Lipinski definition) is 1. The molecule has 0 aliphatic carbocycles. The van der Waals surface area contributed by atoms with Gasteiger partial charge in [0.2, 0.25) is 0 Å². The fourth-order valence-corrected chi connectivity index (χ4v) is 3.73. The Bertz CT molecular complexity index is 558. The molecule has 0 radical (unpaired) electrons. The molecule has 3 rings (SSSR count). The van der Waals surface area contributed by atoms with E-state index in [4.69, 9.17) is 5.73 Å². The third kappa shape index (κ3) is 1.96. The predicted molar refractivity (Wildman–Crippen MR) is 74.3 cm³/mol. The van der Waals surface area contributed by atoms with Crippen molar-refractivity contribution in [1.82, 2.24) is 9.55 Å². The zero-order chi connectivity index (χ0) is 12.0. The van der Waals surface area contributed by atoms with E-state index in [1.165, 1.54) is 15.4 Å². The summed E-state index contributed by atoms with van der Waals surface area (Å²) in [7, 11) is 0. The highest BCUT2D eigenvalue weighted by molar-refractivity contribution is 9.10. The van der Waals surface area contributed by atoms with Crippen molar-refractivity contribution in [3.63, 3.8) is 0 Å². The molecule has 0 fully saturated rings. The summed E-state index contributed by atoms with van der Waals surface area (Å²) in [5, 5.41) is 0. The average Bonchev–Trinajstić information content (AvgIpc) is 2.83. The molecule has 90 valence electrons. The first-order valence-electron chi connectivity index (χ1n) is 5.72. The standard InChI is InChI=1S/C12H14BrN3S/c1-7-2-5-10(17-7)12-15-11(13)9-4-3-8(14)6-16(9)12/h2,5,8H,3-4,6,14H2,1H3. The van der Waals surface area contributed by atoms with Crippen LogP contribution >= 0.6 is 27.3 Å². The molecule has 1 atom stereocenters. The van der Waals surface area contributed by atoms with Crippen LogP contribution in [0.2, 0.25) is 0 Å². The van der Waals surface area contributed by atoms with Crippen molar-refractivity contribution in [2.45, 2.75) is 32.4 Å². The second-order valence-electron chi connectivity index (χ2n) is 4.49. The van der Waals surface area contributed by atoms with Crippen LogP contribution in [0.5, 0.6) is 0 Å². The van der Waals surface area contributed by atoms with Gasteiger partial charge in [-0.05, 0) is 47.8 Å². The third-order valence-electron chi connectivity index (χ3n) is 3.15. The van der Waals surface area contributed by atoms with Crippen LogP contribution in [-0.2, 0) is 13.0 Å². The molecule has 2 aromatic heterocycles. The summed E-state index contributed by atoms with van der Waals surface area (Å²) >= 11 is 5.34. The van der Waals surface area contributed by atoms with E-state index in [1.54, 1.807) is 11.3 Å². The summed E-state index contributed by atoms with van der Waals surface area (Å²) < 4.78 is 3.24. The fraction of sp³-hybridized carbons (Fsp3) is 0.417. The van der Waals surface area contributed by atoms with Crippen LogP contribution in [0.3, 0.4) is 0 Å². The second-order valence-corrected chi connectivity index (χ2v) is 6.53. The highest BCUT2D eigenvalue weighted by Crippen LogP contribution is 2.33. The van der Waals surface area contributed by atoms with Crippen molar-refractivity contribution in [2.24, 2.45) is 5.73 Å². The SMILES string of the molecule is Cc1ccc(-c2nc(Br)c3n2CC(N)CC3)s1. The smallest absolute Gasteiger partial charge is 0.151 e. The van der Waals surface area contributed by atoms with Gasteiger partial charge in [0.15, 0.2) is 5.82 Å². The number of rotatable bonds is 1. The molecule has 0 spiro atoms.